The van der Waals surface area contributed by atoms with Crippen molar-refractivity contribution in [1.29, 1.82) is 0 Å². The van der Waals surface area contributed by atoms with E-state index in [1.54, 1.807) is 6.07 Å². The zero-order valence-corrected chi connectivity index (χ0v) is 26.1. The number of alkyl halides is 3. The first kappa shape index (κ1) is 32.7. The van der Waals surface area contributed by atoms with Gasteiger partial charge in [0, 0.05) is 38.6 Å². The van der Waals surface area contributed by atoms with Gasteiger partial charge in [0.1, 0.15) is 0 Å². The van der Waals surface area contributed by atoms with Crippen molar-refractivity contribution < 1.29 is 18.0 Å². The second-order valence-electron chi connectivity index (χ2n) is 11.8. The van der Waals surface area contributed by atoms with E-state index in [0.717, 1.165) is 6.07 Å². The van der Waals surface area contributed by atoms with Crippen LogP contribution in [-0.2, 0) is 17.5 Å². The van der Waals surface area contributed by atoms with Gasteiger partial charge in [-0.15, -0.1) is 0 Å². The highest BCUT2D eigenvalue weighted by Gasteiger charge is 2.33. The molecule has 1 fully saturated rings. The number of piperidine rings is 1. The van der Waals surface area contributed by atoms with E-state index in [4.69, 9.17) is 9.97 Å². The van der Waals surface area contributed by atoms with Gasteiger partial charge in [-0.05, 0) is 47.4 Å². The monoisotopic (exact) mass is 631 g/mol. The average Bonchev–Trinajstić information content (AvgIpc) is 3.09. The first-order chi connectivity index (χ1) is 22.2. The van der Waals surface area contributed by atoms with Crippen molar-refractivity contribution >= 4 is 23.8 Å². The first-order valence-corrected chi connectivity index (χ1v) is 15.7. The fourth-order valence-corrected chi connectivity index (χ4v) is 5.57. The minimum Gasteiger partial charge on any atom is -0.353 e. The number of halogens is 3. The third kappa shape index (κ3) is 8.74. The number of carbonyl (C=O) groups is 1. The average molecular weight is 632 g/mol. The molecule has 242 valence electrons. The summed E-state index contributed by atoms with van der Waals surface area (Å²) in [6, 6.07) is 25.8. The van der Waals surface area contributed by atoms with E-state index in [-0.39, 0.29) is 35.8 Å². The van der Waals surface area contributed by atoms with Crippen molar-refractivity contribution in [2.24, 2.45) is 5.92 Å². The van der Waals surface area contributed by atoms with Crippen LogP contribution in [-0.4, -0.2) is 47.0 Å². The summed E-state index contributed by atoms with van der Waals surface area (Å²) in [6.07, 6.45) is -3.42. The Bertz CT molecular complexity index is 1490. The number of benzene rings is 3. The Morgan fingerprint density at radius 3 is 1.80 bits per heavy atom. The normalized spacial score (nSPS) is 15.2. The quantitative estimate of drug-likeness (QED) is 0.157. The highest BCUT2D eigenvalue weighted by Crippen LogP contribution is 2.32. The number of nitrogens with one attached hydrogen (secondary N) is 3. The van der Waals surface area contributed by atoms with E-state index in [1.165, 1.54) is 23.3 Å². The van der Waals surface area contributed by atoms with Gasteiger partial charge < -0.3 is 20.9 Å². The van der Waals surface area contributed by atoms with Gasteiger partial charge in [0.05, 0.1) is 5.56 Å². The lowest BCUT2D eigenvalue weighted by Crippen LogP contribution is -2.41. The predicted molar refractivity (Wildman–Crippen MR) is 175 cm³/mol. The number of rotatable bonds is 12. The number of hydrogen-bond donors (Lipinski definition) is 3. The van der Waals surface area contributed by atoms with Gasteiger partial charge in [0.25, 0.3) is 0 Å². The molecular formula is C35H40F3N7O. The molecule has 2 atom stereocenters. The van der Waals surface area contributed by atoms with E-state index in [9.17, 15) is 18.0 Å². The van der Waals surface area contributed by atoms with Gasteiger partial charge in [-0.25, -0.2) is 0 Å². The zero-order valence-electron chi connectivity index (χ0n) is 26.1. The summed E-state index contributed by atoms with van der Waals surface area (Å²) in [5, 5.41) is 9.48. The largest absolute Gasteiger partial charge is 0.416 e. The molecular weight excluding hydrogens is 591 g/mol. The van der Waals surface area contributed by atoms with Crippen molar-refractivity contribution in [3.05, 3.63) is 107 Å². The minimum atomic E-state index is -4.47. The van der Waals surface area contributed by atoms with Gasteiger partial charge in [-0.1, -0.05) is 92.7 Å². The Morgan fingerprint density at radius 1 is 0.783 bits per heavy atom. The first-order valence-electron chi connectivity index (χ1n) is 15.7. The van der Waals surface area contributed by atoms with Crippen LogP contribution >= 0.6 is 0 Å². The molecule has 1 aliphatic rings. The van der Waals surface area contributed by atoms with Gasteiger partial charge >= 0.3 is 6.18 Å². The van der Waals surface area contributed by atoms with E-state index < -0.39 is 11.7 Å². The van der Waals surface area contributed by atoms with E-state index in [0.29, 0.717) is 56.9 Å². The van der Waals surface area contributed by atoms with Crippen LogP contribution in [0.25, 0.3) is 0 Å². The number of amides is 1. The topological polar surface area (TPSA) is 95.1 Å². The molecule has 0 saturated carbocycles. The molecule has 8 nitrogen and oxygen atoms in total. The van der Waals surface area contributed by atoms with Crippen LogP contribution in [0.3, 0.4) is 0 Å². The summed E-state index contributed by atoms with van der Waals surface area (Å²) in [4.78, 5) is 29.1. The minimum absolute atomic E-state index is 0.0502. The zero-order chi connectivity index (χ0) is 32.5. The Kier molecular flexibility index (Phi) is 10.7. The van der Waals surface area contributed by atoms with Gasteiger partial charge in [0.2, 0.25) is 23.8 Å². The van der Waals surface area contributed by atoms with Crippen molar-refractivity contribution in [1.82, 2.24) is 20.3 Å². The standard InChI is InChI=1S/C35H40F3N7O/c1-24(26-11-5-3-6-12-26)21-40-32-42-33(41-22-25(2)27-13-7-4-8-14-27)44-34(43-32)45-19-17-28(18-20-45)31(46)39-23-29-15-9-10-16-30(29)35(36,37)38/h3-16,24-25,28H,17-23H2,1-2H3,(H,39,46)(H2,40,41,42,43,44)/t24-,25-/m0/s1. The summed E-state index contributed by atoms with van der Waals surface area (Å²) in [5.41, 5.74) is 1.74. The summed E-state index contributed by atoms with van der Waals surface area (Å²) in [6.45, 7) is 6.43. The highest BCUT2D eigenvalue weighted by atomic mass is 19.4. The predicted octanol–water partition coefficient (Wildman–Crippen LogP) is 6.85. The molecule has 0 bridgehead atoms. The second-order valence-corrected chi connectivity index (χ2v) is 11.8. The Hall–Kier alpha value is -4.67. The number of nitrogens with zero attached hydrogens (tertiary/aromatic N) is 4. The van der Waals surface area contributed by atoms with Crippen LogP contribution in [0, 0.1) is 5.92 Å². The van der Waals surface area contributed by atoms with Crippen LogP contribution < -0.4 is 20.9 Å². The third-order valence-corrected chi connectivity index (χ3v) is 8.42. The SMILES string of the molecule is C[C@@H](CNc1nc(NC[C@H](C)c2ccccc2)nc(N2CCC(C(=O)NCc3ccccc3C(F)(F)F)CC2)n1)c1ccccc1. The molecule has 0 aliphatic carbocycles. The smallest absolute Gasteiger partial charge is 0.353 e. The molecule has 1 aromatic heterocycles. The molecule has 3 aromatic carbocycles. The van der Waals surface area contributed by atoms with Crippen LogP contribution in [0.1, 0.15) is 60.8 Å². The lowest BCUT2D eigenvalue weighted by atomic mass is 9.96. The molecule has 46 heavy (non-hydrogen) atoms. The third-order valence-electron chi connectivity index (χ3n) is 8.42. The summed E-state index contributed by atoms with van der Waals surface area (Å²) >= 11 is 0. The van der Waals surface area contributed by atoms with Crippen molar-refractivity contribution in [3.8, 4) is 0 Å². The van der Waals surface area contributed by atoms with Crippen LogP contribution in [0.4, 0.5) is 31.0 Å². The molecule has 11 heteroatoms. The fourth-order valence-electron chi connectivity index (χ4n) is 5.57. The van der Waals surface area contributed by atoms with Gasteiger partial charge in [0.15, 0.2) is 0 Å². The number of carbonyl (C=O) groups excluding carboxylic acids is 1. The van der Waals surface area contributed by atoms with Crippen LogP contribution in [0.15, 0.2) is 84.9 Å². The van der Waals surface area contributed by atoms with E-state index in [1.807, 2.05) is 41.3 Å². The molecule has 5 rings (SSSR count). The molecule has 1 aliphatic heterocycles. The Balaban J connectivity index is 1.23. The molecule has 1 saturated heterocycles. The number of aromatic nitrogens is 3. The molecule has 0 spiro atoms. The Morgan fingerprint density at radius 2 is 1.28 bits per heavy atom. The second kappa shape index (κ2) is 15.1. The van der Waals surface area contributed by atoms with Crippen molar-refractivity contribution in [2.45, 2.75) is 51.2 Å². The number of hydrogen-bond acceptors (Lipinski definition) is 7. The Labute approximate surface area is 267 Å². The van der Waals surface area contributed by atoms with Crippen LogP contribution in [0.5, 0.6) is 0 Å². The van der Waals surface area contributed by atoms with E-state index in [2.05, 4.69) is 59.0 Å². The van der Waals surface area contributed by atoms with E-state index >= 15 is 0 Å². The van der Waals surface area contributed by atoms with Crippen molar-refractivity contribution in [2.75, 3.05) is 41.7 Å². The molecule has 2 heterocycles. The molecule has 4 aromatic rings. The fraction of sp³-hybridized carbons (Fsp3) is 0.371. The molecule has 0 radical (unpaired) electrons. The van der Waals surface area contributed by atoms with Gasteiger partial charge in [-0.2, -0.15) is 28.1 Å². The lowest BCUT2D eigenvalue weighted by Gasteiger charge is -2.31. The maximum atomic E-state index is 13.4. The molecule has 1 amide bonds. The highest BCUT2D eigenvalue weighted by molar-refractivity contribution is 5.79. The lowest BCUT2D eigenvalue weighted by molar-refractivity contribution is -0.138. The maximum Gasteiger partial charge on any atom is 0.416 e. The van der Waals surface area contributed by atoms with Crippen molar-refractivity contribution in [3.63, 3.8) is 0 Å². The molecule has 3 N–H and O–H groups in total. The van der Waals surface area contributed by atoms with Gasteiger partial charge in [-0.3, -0.25) is 4.79 Å². The molecule has 0 unspecified atom stereocenters. The maximum absolute atomic E-state index is 13.4. The summed E-state index contributed by atoms with van der Waals surface area (Å²) in [5.74, 6) is 1.34. The summed E-state index contributed by atoms with van der Waals surface area (Å²) in [7, 11) is 0. The summed E-state index contributed by atoms with van der Waals surface area (Å²) < 4.78 is 40.1. The van der Waals surface area contributed by atoms with Crippen LogP contribution in [0.2, 0.25) is 0 Å². The number of anilines is 3.